The maximum Gasteiger partial charge on any atom is 0.281 e. The van der Waals surface area contributed by atoms with Crippen molar-refractivity contribution in [1.82, 2.24) is 5.32 Å². The summed E-state index contributed by atoms with van der Waals surface area (Å²) < 4.78 is 11.3. The van der Waals surface area contributed by atoms with Crippen LogP contribution in [0, 0.1) is 0 Å². The molecule has 0 atom stereocenters. The predicted molar refractivity (Wildman–Crippen MR) is 105 cm³/mol. The van der Waals surface area contributed by atoms with Gasteiger partial charge in [-0.25, -0.2) is 0 Å². The van der Waals surface area contributed by atoms with Gasteiger partial charge >= 0.3 is 0 Å². The van der Waals surface area contributed by atoms with Gasteiger partial charge in [0.05, 0.1) is 18.8 Å². The lowest BCUT2D eigenvalue weighted by Crippen LogP contribution is -2.40. The quantitative estimate of drug-likeness (QED) is 0.559. The van der Waals surface area contributed by atoms with Crippen LogP contribution >= 0.6 is 11.6 Å². The van der Waals surface area contributed by atoms with Crippen molar-refractivity contribution in [2.75, 3.05) is 13.2 Å². The van der Waals surface area contributed by atoms with E-state index in [1.54, 1.807) is 24.3 Å². The number of nitrogens with one attached hydrogen (secondary N) is 1. The zero-order chi connectivity index (χ0) is 19.6. The first-order valence-corrected chi connectivity index (χ1v) is 9.98. The molecule has 2 aromatic carbocycles. The Labute approximate surface area is 169 Å². The lowest BCUT2D eigenvalue weighted by molar-refractivity contribution is -0.176. The molecule has 28 heavy (non-hydrogen) atoms. The molecule has 0 bridgehead atoms. The van der Waals surface area contributed by atoms with Crippen molar-refractivity contribution in [2.24, 2.45) is 0 Å². The van der Waals surface area contributed by atoms with Crippen molar-refractivity contribution in [3.05, 3.63) is 69.7 Å². The zero-order valence-corrected chi connectivity index (χ0v) is 16.3. The summed E-state index contributed by atoms with van der Waals surface area (Å²) in [6, 6.07) is 12.8. The highest BCUT2D eigenvalue weighted by molar-refractivity contribution is 6.30. The van der Waals surface area contributed by atoms with Crippen molar-refractivity contribution in [1.29, 1.82) is 0 Å². The predicted octanol–water partition coefficient (Wildman–Crippen LogP) is 4.23. The summed E-state index contributed by atoms with van der Waals surface area (Å²) in [5.74, 6) is -1.12. The van der Waals surface area contributed by atoms with Crippen molar-refractivity contribution < 1.29 is 19.1 Å². The van der Waals surface area contributed by atoms with Gasteiger partial charge in [0.15, 0.2) is 5.78 Å². The average Bonchev–Trinajstić information content (AvgIpc) is 3.27. The molecule has 0 aliphatic carbocycles. The van der Waals surface area contributed by atoms with Gasteiger partial charge in [-0.3, -0.25) is 14.9 Å². The summed E-state index contributed by atoms with van der Waals surface area (Å²) in [7, 11) is 0. The number of carbonyl (C=O) groups excluding carboxylic acids is 2. The minimum absolute atomic E-state index is 0.133. The number of ketones is 1. The minimum atomic E-state index is -1.10. The van der Waals surface area contributed by atoms with Gasteiger partial charge in [0.25, 0.3) is 11.8 Å². The topological polar surface area (TPSA) is 64.6 Å². The van der Waals surface area contributed by atoms with Crippen molar-refractivity contribution in [3.63, 3.8) is 0 Å². The summed E-state index contributed by atoms with van der Waals surface area (Å²) in [5.41, 5.74) is 3.13. The maximum absolute atomic E-state index is 12.5. The van der Waals surface area contributed by atoms with E-state index >= 15 is 0 Å². The number of hydrogen-bond donors (Lipinski definition) is 1. The largest absolute Gasteiger partial charge is 0.327 e. The Hall–Kier alpha value is -2.21. The number of unbranched alkanes of at least 4 members (excludes halogenated alkanes) is 2. The maximum atomic E-state index is 12.5. The van der Waals surface area contributed by atoms with Gasteiger partial charge in [-0.1, -0.05) is 36.2 Å². The molecule has 2 aliphatic rings. The van der Waals surface area contributed by atoms with Crippen LogP contribution in [0.15, 0.2) is 42.5 Å². The molecule has 146 valence electrons. The fourth-order valence-corrected chi connectivity index (χ4v) is 3.95. The Kier molecular flexibility index (Phi) is 5.49. The molecule has 0 aromatic heterocycles. The zero-order valence-electron chi connectivity index (χ0n) is 15.5. The summed E-state index contributed by atoms with van der Waals surface area (Å²) in [6.07, 6.45) is 3.94. The number of rotatable bonds is 7. The third-order valence-electron chi connectivity index (χ3n) is 5.22. The van der Waals surface area contributed by atoms with Crippen molar-refractivity contribution >= 4 is 23.3 Å². The third-order valence-corrected chi connectivity index (χ3v) is 5.47. The van der Waals surface area contributed by atoms with Crippen molar-refractivity contribution in [2.45, 2.75) is 38.0 Å². The van der Waals surface area contributed by atoms with Gasteiger partial charge in [0, 0.05) is 22.6 Å². The number of Topliss-reactive ketones (excluding diaryl/α,β-unsaturated/α-hetero) is 1. The molecule has 6 heteroatoms. The fourth-order valence-electron chi connectivity index (χ4n) is 3.83. The second kappa shape index (κ2) is 8.03. The molecule has 2 aromatic rings. The lowest BCUT2D eigenvalue weighted by Gasteiger charge is -2.22. The van der Waals surface area contributed by atoms with E-state index in [1.165, 1.54) is 0 Å². The fraction of sp³-hybridized carbons (Fsp3) is 0.364. The van der Waals surface area contributed by atoms with E-state index in [4.69, 9.17) is 21.1 Å². The molecule has 2 heterocycles. The first-order chi connectivity index (χ1) is 13.6. The van der Waals surface area contributed by atoms with Crippen LogP contribution in [0.4, 0.5) is 0 Å². The average molecular weight is 400 g/mol. The van der Waals surface area contributed by atoms with E-state index in [-0.39, 0.29) is 11.7 Å². The molecule has 1 spiro atoms. The Morgan fingerprint density at radius 3 is 2.54 bits per heavy atom. The van der Waals surface area contributed by atoms with E-state index in [0.717, 1.165) is 36.8 Å². The highest BCUT2D eigenvalue weighted by Crippen LogP contribution is 2.38. The van der Waals surface area contributed by atoms with E-state index in [2.05, 4.69) is 5.32 Å². The molecule has 5 nitrogen and oxygen atoms in total. The van der Waals surface area contributed by atoms with Gasteiger partial charge in [-0.15, -0.1) is 0 Å². The van der Waals surface area contributed by atoms with Crippen LogP contribution in [0.2, 0.25) is 5.02 Å². The summed E-state index contributed by atoms with van der Waals surface area (Å²) in [5, 5.41) is 3.47. The van der Waals surface area contributed by atoms with E-state index in [9.17, 15) is 9.59 Å². The Morgan fingerprint density at radius 1 is 1.04 bits per heavy atom. The van der Waals surface area contributed by atoms with Gasteiger partial charge in [-0.2, -0.15) is 0 Å². The van der Waals surface area contributed by atoms with Crippen LogP contribution in [0.5, 0.6) is 0 Å². The van der Waals surface area contributed by atoms with Crippen LogP contribution in [0.25, 0.3) is 0 Å². The van der Waals surface area contributed by atoms with Crippen LogP contribution in [0.3, 0.4) is 0 Å². The van der Waals surface area contributed by atoms with Crippen molar-refractivity contribution in [3.8, 4) is 0 Å². The first-order valence-electron chi connectivity index (χ1n) is 9.61. The van der Waals surface area contributed by atoms with Gasteiger partial charge in [-0.05, 0) is 49.1 Å². The molecule has 1 amide bonds. The first kappa shape index (κ1) is 19.1. The lowest BCUT2D eigenvalue weighted by atomic mass is 9.96. The normalized spacial score (nSPS) is 17.0. The Balaban J connectivity index is 1.32. The van der Waals surface area contributed by atoms with Crippen LogP contribution in [0.1, 0.15) is 57.5 Å². The molecule has 0 radical (unpaired) electrons. The second-order valence-electron chi connectivity index (χ2n) is 7.10. The number of hydrogen-bond acceptors (Lipinski definition) is 4. The number of benzene rings is 2. The van der Waals surface area contributed by atoms with E-state index in [1.807, 2.05) is 18.2 Å². The highest BCUT2D eigenvalue weighted by atomic mass is 35.5. The molecule has 4 rings (SSSR count). The van der Waals surface area contributed by atoms with Crippen LogP contribution < -0.4 is 5.32 Å². The molecule has 0 unspecified atom stereocenters. The Morgan fingerprint density at radius 2 is 1.79 bits per heavy atom. The summed E-state index contributed by atoms with van der Waals surface area (Å²) in [6.45, 7) is 0.928. The van der Waals surface area contributed by atoms with E-state index < -0.39 is 5.91 Å². The Bertz CT molecular complexity index is 888. The van der Waals surface area contributed by atoms with Gasteiger partial charge < -0.3 is 9.47 Å². The molecule has 0 saturated carbocycles. The number of amides is 1. The number of carbonyl (C=O) groups is 2. The number of halogens is 1. The van der Waals surface area contributed by atoms with E-state index in [0.29, 0.717) is 35.8 Å². The summed E-state index contributed by atoms with van der Waals surface area (Å²) >= 11 is 5.85. The monoisotopic (exact) mass is 399 g/mol. The van der Waals surface area contributed by atoms with Gasteiger partial charge in [0.1, 0.15) is 0 Å². The number of ether oxygens (including phenoxy) is 2. The number of aryl methyl sites for hydroxylation is 1. The second-order valence-corrected chi connectivity index (χ2v) is 7.53. The third kappa shape index (κ3) is 3.70. The minimum Gasteiger partial charge on any atom is -0.327 e. The van der Waals surface area contributed by atoms with Crippen LogP contribution in [-0.2, 0) is 21.8 Å². The van der Waals surface area contributed by atoms with Crippen LogP contribution in [-0.4, -0.2) is 24.9 Å². The molecular formula is C22H22ClNO4. The smallest absolute Gasteiger partial charge is 0.281 e. The molecule has 1 N–H and O–H groups in total. The number of fused-ring (bicyclic) bond motifs is 2. The SMILES string of the molecule is O=C(CCCCCc1cccc2c1C(=O)NC21OCCO1)c1ccc(Cl)cc1. The highest BCUT2D eigenvalue weighted by Gasteiger charge is 2.48. The molecule has 1 fully saturated rings. The standard InChI is InChI=1S/C22H22ClNO4/c23-17-11-9-15(10-12-17)19(25)8-3-1-2-5-16-6-4-7-18-20(16)21(26)24-22(18)27-13-14-28-22/h4,6-7,9-12H,1-3,5,8,13-14H2,(H,24,26). The summed E-state index contributed by atoms with van der Waals surface area (Å²) in [4.78, 5) is 24.7. The molecule has 1 saturated heterocycles. The van der Waals surface area contributed by atoms with Gasteiger partial charge in [0.2, 0.25) is 0 Å². The molecule has 2 aliphatic heterocycles. The molecular weight excluding hydrogens is 378 g/mol.